The van der Waals surface area contributed by atoms with Gasteiger partial charge in [-0.25, -0.2) is 22.4 Å². The first-order valence-corrected chi connectivity index (χ1v) is 23.5. The molecule has 0 unspecified atom stereocenters. The maximum atomic E-state index is 15.4. The fourth-order valence-corrected chi connectivity index (χ4v) is 12.1. The van der Waals surface area contributed by atoms with E-state index in [-0.39, 0.29) is 17.4 Å². The predicted molar refractivity (Wildman–Crippen MR) is 234 cm³/mol. The van der Waals surface area contributed by atoms with Gasteiger partial charge in [-0.1, -0.05) is 6.07 Å². The second-order valence-corrected chi connectivity index (χ2v) is 19.9. The van der Waals surface area contributed by atoms with Crippen LogP contribution in [0.3, 0.4) is 0 Å². The Bertz CT molecular complexity index is 3150. The molecule has 0 spiro atoms. The number of benzene rings is 3. The molecule has 324 valence electrons. The van der Waals surface area contributed by atoms with Crippen molar-refractivity contribution in [2.45, 2.75) is 88.6 Å². The Kier molecular flexibility index (Phi) is 9.28. The van der Waals surface area contributed by atoms with Crippen LogP contribution in [0.1, 0.15) is 101 Å². The molecule has 11 rings (SSSR count). The molecule has 7 heterocycles. The van der Waals surface area contributed by atoms with Crippen molar-refractivity contribution in [2.24, 2.45) is 4.36 Å². The van der Waals surface area contributed by atoms with E-state index in [0.717, 1.165) is 67.5 Å². The Labute approximate surface area is 363 Å². The second-order valence-electron chi connectivity index (χ2n) is 17.5. The van der Waals surface area contributed by atoms with E-state index in [2.05, 4.69) is 37.3 Å². The standard InChI is InChI=1S/C47H48FN9O5S/c1-28-24-36(25-29(2)42(28)48)57-43(55-20-19-54(46(55)59)35-7-9-37(10-8-35)63(60)23-5-17-49-63)41-30(3)53(18-12-38(41)52-57)44(58)40-27-34-26-33(32-13-21-61-22-14-32)6-11-39(34)56(40)47(15-16-47)45-51-50-31(4)62-45/h6-11,19-20,24-27,30,32H,5,12-18,21-23H2,1-4H3/t30-,63-/m0/s1. The van der Waals surface area contributed by atoms with Gasteiger partial charge in [0.1, 0.15) is 22.9 Å². The Hall–Kier alpha value is -6.13. The molecule has 63 heavy (non-hydrogen) atoms. The predicted octanol–water partition coefficient (Wildman–Crippen LogP) is 7.64. The lowest BCUT2D eigenvalue weighted by Gasteiger charge is -2.34. The van der Waals surface area contributed by atoms with E-state index < -0.39 is 21.3 Å². The van der Waals surface area contributed by atoms with Crippen LogP contribution in [-0.4, -0.2) is 80.8 Å². The summed E-state index contributed by atoms with van der Waals surface area (Å²) in [5.41, 5.74) is 5.21. The van der Waals surface area contributed by atoms with Crippen LogP contribution in [0.25, 0.3) is 28.1 Å². The van der Waals surface area contributed by atoms with E-state index in [1.165, 1.54) is 10.1 Å². The van der Waals surface area contributed by atoms with Crippen LogP contribution < -0.4 is 5.69 Å². The maximum absolute atomic E-state index is 15.4. The van der Waals surface area contributed by atoms with Crippen molar-refractivity contribution >= 4 is 26.5 Å². The fourth-order valence-electron chi connectivity index (χ4n) is 10.1. The Morgan fingerprint density at radius 3 is 2.35 bits per heavy atom. The molecule has 3 aromatic carbocycles. The zero-order chi connectivity index (χ0) is 43.4. The monoisotopic (exact) mass is 869 g/mol. The van der Waals surface area contributed by atoms with Gasteiger partial charge in [0, 0.05) is 79.2 Å². The van der Waals surface area contributed by atoms with E-state index in [9.17, 15) is 9.00 Å². The van der Waals surface area contributed by atoms with E-state index in [0.29, 0.717) is 81.9 Å². The van der Waals surface area contributed by atoms with Crippen LogP contribution in [-0.2, 0) is 26.4 Å². The molecule has 4 aliphatic rings. The largest absolute Gasteiger partial charge is 0.423 e. The minimum absolute atomic E-state index is 0.163. The minimum Gasteiger partial charge on any atom is -0.423 e. The average Bonchev–Trinajstić information content (AvgIpc) is 3.80. The molecule has 2 fully saturated rings. The first-order chi connectivity index (χ1) is 30.4. The van der Waals surface area contributed by atoms with E-state index >= 15 is 9.18 Å². The van der Waals surface area contributed by atoms with Crippen molar-refractivity contribution in [3.8, 4) is 17.2 Å². The normalized spacial score (nSPS) is 20.9. The van der Waals surface area contributed by atoms with Crippen molar-refractivity contribution in [3.63, 3.8) is 0 Å². The highest BCUT2D eigenvalue weighted by molar-refractivity contribution is 7.93. The summed E-state index contributed by atoms with van der Waals surface area (Å²) in [6.45, 7) is 9.60. The molecule has 4 aromatic heterocycles. The number of fused-ring (bicyclic) bond motifs is 2. The second kappa shape index (κ2) is 14.7. The summed E-state index contributed by atoms with van der Waals surface area (Å²) in [5, 5.41) is 14.7. The molecule has 1 amide bonds. The average molecular weight is 870 g/mol. The number of halogens is 1. The van der Waals surface area contributed by atoms with Crippen LogP contribution in [0.4, 0.5) is 4.39 Å². The lowest BCUT2D eigenvalue weighted by atomic mass is 9.91. The Morgan fingerprint density at radius 2 is 1.67 bits per heavy atom. The van der Waals surface area contributed by atoms with Gasteiger partial charge in [-0.15, -0.1) is 10.2 Å². The summed E-state index contributed by atoms with van der Waals surface area (Å²) < 4.78 is 51.5. The van der Waals surface area contributed by atoms with Crippen LogP contribution in [0.15, 0.2) is 91.5 Å². The number of aryl methyl sites for hydroxylation is 3. The third kappa shape index (κ3) is 6.34. The van der Waals surface area contributed by atoms with Crippen molar-refractivity contribution in [3.05, 3.63) is 135 Å². The first kappa shape index (κ1) is 39.7. The smallest absolute Gasteiger partial charge is 0.338 e. The van der Waals surface area contributed by atoms with Gasteiger partial charge in [0.2, 0.25) is 11.8 Å². The zero-order valence-corrected chi connectivity index (χ0v) is 36.5. The highest BCUT2D eigenvalue weighted by Crippen LogP contribution is 2.52. The molecule has 7 aromatic rings. The lowest BCUT2D eigenvalue weighted by molar-refractivity contribution is 0.0663. The Balaban J connectivity index is 1.03. The van der Waals surface area contributed by atoms with Gasteiger partial charge < -0.3 is 18.6 Å². The van der Waals surface area contributed by atoms with Crippen molar-refractivity contribution in [1.29, 1.82) is 0 Å². The molecule has 1 aliphatic carbocycles. The minimum atomic E-state index is -2.46. The highest BCUT2D eigenvalue weighted by atomic mass is 32.2. The van der Waals surface area contributed by atoms with Gasteiger partial charge in [0.15, 0.2) is 0 Å². The molecule has 2 atom stereocenters. The molecule has 3 aliphatic heterocycles. The SMILES string of the molecule is Cc1nnc(C2(n3c(C(=O)N4CCc5nn(-c6cc(C)c(F)c(C)c6)c(-n6ccn(-c7ccc([S@]8(=O)=NCCC8)cc7)c6=O)c5[C@@H]4C)cc4cc(C5CCOCC5)ccc43)CC2)o1. The summed E-state index contributed by atoms with van der Waals surface area (Å²) >= 11 is 0. The number of carbonyl (C=O) groups excluding carboxylic acids is 1. The highest BCUT2D eigenvalue weighted by Gasteiger charge is 2.53. The molecule has 14 nitrogen and oxygen atoms in total. The van der Waals surface area contributed by atoms with E-state index in [4.69, 9.17) is 14.3 Å². The van der Waals surface area contributed by atoms with Crippen molar-refractivity contribution in [1.82, 2.24) is 38.6 Å². The topological polar surface area (TPSA) is 148 Å². The van der Waals surface area contributed by atoms with Crippen LogP contribution in [0.2, 0.25) is 0 Å². The summed E-state index contributed by atoms with van der Waals surface area (Å²) in [4.78, 5) is 32.6. The molecular weight excluding hydrogens is 822 g/mol. The third-order valence-corrected chi connectivity index (χ3v) is 16.0. The number of rotatable bonds is 8. The molecule has 0 bridgehead atoms. The molecule has 1 saturated heterocycles. The van der Waals surface area contributed by atoms with E-state index in [1.807, 2.05) is 17.9 Å². The van der Waals surface area contributed by atoms with Crippen LogP contribution in [0.5, 0.6) is 0 Å². The van der Waals surface area contributed by atoms with Gasteiger partial charge in [0.05, 0.1) is 32.8 Å². The van der Waals surface area contributed by atoms with Crippen molar-refractivity contribution in [2.75, 3.05) is 32.1 Å². The van der Waals surface area contributed by atoms with Gasteiger partial charge >= 0.3 is 5.69 Å². The van der Waals surface area contributed by atoms with Crippen molar-refractivity contribution < 1.29 is 22.5 Å². The number of aromatic nitrogens is 7. The van der Waals surface area contributed by atoms with Gasteiger partial charge in [-0.3, -0.25) is 13.9 Å². The molecular formula is C47H48FN9O5S. The number of nitrogens with zero attached hydrogens (tertiary/aromatic N) is 9. The molecule has 1 saturated carbocycles. The van der Waals surface area contributed by atoms with Gasteiger partial charge in [-0.05, 0) is 130 Å². The third-order valence-electron chi connectivity index (χ3n) is 13.6. The molecule has 0 N–H and O–H groups in total. The van der Waals surface area contributed by atoms with Crippen LogP contribution >= 0.6 is 0 Å². The number of imidazole rings is 1. The van der Waals surface area contributed by atoms with Gasteiger partial charge in [0.25, 0.3) is 5.91 Å². The first-order valence-electron chi connectivity index (χ1n) is 21.8. The summed E-state index contributed by atoms with van der Waals surface area (Å²) in [6.07, 6.45) is 7.98. The summed E-state index contributed by atoms with van der Waals surface area (Å²) in [6, 6.07) is 18.6. The Morgan fingerprint density at radius 1 is 0.921 bits per heavy atom. The van der Waals surface area contributed by atoms with Crippen LogP contribution in [0, 0.1) is 26.6 Å². The maximum Gasteiger partial charge on any atom is 0.338 e. The lowest BCUT2D eigenvalue weighted by Crippen LogP contribution is -2.41. The molecule has 0 radical (unpaired) electrons. The number of ether oxygens (including phenoxy) is 1. The fraction of sp³-hybridized carbons (Fsp3) is 0.383. The molecule has 16 heteroatoms. The number of carbonyl (C=O) groups is 1. The summed E-state index contributed by atoms with van der Waals surface area (Å²) in [7, 11) is -2.46. The summed E-state index contributed by atoms with van der Waals surface area (Å²) in [5.74, 6) is 1.85. The quantitative estimate of drug-likeness (QED) is 0.152. The number of amides is 1. The number of hydrogen-bond acceptors (Lipinski definition) is 9. The zero-order valence-electron chi connectivity index (χ0n) is 35.7. The van der Waals surface area contributed by atoms with E-state index in [1.54, 1.807) is 78.8 Å². The number of hydrogen-bond donors (Lipinski definition) is 0. The van der Waals surface area contributed by atoms with Gasteiger partial charge in [-0.2, -0.15) is 5.10 Å².